The van der Waals surface area contributed by atoms with E-state index in [1.165, 1.54) is 18.1 Å². The fraction of sp³-hybridized carbons (Fsp3) is 0.273. The number of ether oxygens (including phenoxy) is 1. The normalized spacial score (nSPS) is 15.2. The minimum absolute atomic E-state index is 0.00926. The maximum atomic E-state index is 12.6. The van der Waals surface area contributed by atoms with Crippen LogP contribution in [0.2, 0.25) is 0 Å². The predicted octanol–water partition coefficient (Wildman–Crippen LogP) is 3.97. The summed E-state index contributed by atoms with van der Waals surface area (Å²) >= 11 is 0. The molecule has 2 aromatic carbocycles. The number of nitrogens with zero attached hydrogens (tertiary/aromatic N) is 1. The van der Waals surface area contributed by atoms with E-state index in [2.05, 4.69) is 18.2 Å². The summed E-state index contributed by atoms with van der Waals surface area (Å²) in [6.07, 6.45) is 2.39. The van der Waals surface area contributed by atoms with Gasteiger partial charge in [-0.2, -0.15) is 0 Å². The molecule has 1 heterocycles. The molecule has 0 bridgehead atoms. The highest BCUT2D eigenvalue weighted by atomic mass is 16.5. The molecule has 0 fully saturated rings. The standard InChI is InChI=1S/C22H23NO3/c1-16(24)18-8-10-21(11-9-18)26-17(2)22(25)23-14-12-20(13-15-23)19-6-4-3-5-7-19/h3-12,17H,13-15H2,1-2H3/t17-/m1/s1. The molecule has 26 heavy (non-hydrogen) atoms. The Balaban J connectivity index is 1.59. The molecule has 1 atom stereocenters. The zero-order chi connectivity index (χ0) is 18.5. The van der Waals surface area contributed by atoms with Crippen LogP contribution in [0.4, 0.5) is 0 Å². The second-order valence-electron chi connectivity index (χ2n) is 6.47. The van der Waals surface area contributed by atoms with Crippen molar-refractivity contribution in [2.45, 2.75) is 26.4 Å². The Morgan fingerprint density at radius 1 is 1.04 bits per heavy atom. The molecule has 0 saturated carbocycles. The Hall–Kier alpha value is -2.88. The molecular formula is C22H23NO3. The van der Waals surface area contributed by atoms with Crippen molar-refractivity contribution in [1.29, 1.82) is 0 Å². The fourth-order valence-corrected chi connectivity index (χ4v) is 3.06. The maximum absolute atomic E-state index is 12.6. The lowest BCUT2D eigenvalue weighted by atomic mass is 9.99. The number of carbonyl (C=O) groups excluding carboxylic acids is 2. The number of benzene rings is 2. The number of amides is 1. The molecule has 0 saturated heterocycles. The molecule has 3 rings (SSSR count). The number of hydrogen-bond acceptors (Lipinski definition) is 3. The highest BCUT2D eigenvalue weighted by Crippen LogP contribution is 2.23. The molecule has 1 aliphatic heterocycles. The second kappa shape index (κ2) is 8.00. The summed E-state index contributed by atoms with van der Waals surface area (Å²) in [5.41, 5.74) is 3.13. The first-order chi connectivity index (χ1) is 12.5. The molecule has 0 aliphatic carbocycles. The van der Waals surface area contributed by atoms with Gasteiger partial charge in [0, 0.05) is 18.7 Å². The first-order valence-corrected chi connectivity index (χ1v) is 8.85. The number of carbonyl (C=O) groups is 2. The molecule has 1 aliphatic rings. The highest BCUT2D eigenvalue weighted by Gasteiger charge is 2.24. The summed E-state index contributed by atoms with van der Waals surface area (Å²) in [5, 5.41) is 0. The summed E-state index contributed by atoms with van der Waals surface area (Å²) in [7, 11) is 0. The van der Waals surface area contributed by atoms with Crippen LogP contribution in [0.1, 0.15) is 36.2 Å². The molecule has 2 aromatic rings. The summed E-state index contributed by atoms with van der Waals surface area (Å²) < 4.78 is 5.75. The minimum Gasteiger partial charge on any atom is -0.481 e. The number of ketones is 1. The van der Waals surface area contributed by atoms with Gasteiger partial charge in [0.15, 0.2) is 11.9 Å². The summed E-state index contributed by atoms with van der Waals surface area (Å²) in [4.78, 5) is 25.8. The predicted molar refractivity (Wildman–Crippen MR) is 102 cm³/mol. The average molecular weight is 349 g/mol. The molecule has 4 heteroatoms. The zero-order valence-electron chi connectivity index (χ0n) is 15.1. The van der Waals surface area contributed by atoms with Gasteiger partial charge in [-0.3, -0.25) is 9.59 Å². The largest absolute Gasteiger partial charge is 0.481 e. The van der Waals surface area contributed by atoms with E-state index in [0.29, 0.717) is 24.4 Å². The van der Waals surface area contributed by atoms with Crippen molar-refractivity contribution < 1.29 is 14.3 Å². The fourth-order valence-electron chi connectivity index (χ4n) is 3.06. The quantitative estimate of drug-likeness (QED) is 0.767. The van der Waals surface area contributed by atoms with Gasteiger partial charge in [0.05, 0.1) is 0 Å². The van der Waals surface area contributed by atoms with E-state index in [4.69, 9.17) is 4.74 Å². The Bertz CT molecular complexity index is 809. The summed E-state index contributed by atoms with van der Waals surface area (Å²) in [6, 6.07) is 17.1. The van der Waals surface area contributed by atoms with Gasteiger partial charge in [-0.1, -0.05) is 36.4 Å². The van der Waals surface area contributed by atoms with Crippen LogP contribution in [0, 0.1) is 0 Å². The Kier molecular flexibility index (Phi) is 5.52. The van der Waals surface area contributed by atoms with E-state index in [-0.39, 0.29) is 11.7 Å². The summed E-state index contributed by atoms with van der Waals surface area (Å²) in [6.45, 7) is 4.57. The maximum Gasteiger partial charge on any atom is 0.263 e. The number of hydrogen-bond donors (Lipinski definition) is 0. The van der Waals surface area contributed by atoms with Gasteiger partial charge in [0.1, 0.15) is 5.75 Å². The molecule has 0 radical (unpaired) electrons. The van der Waals surface area contributed by atoms with Crippen LogP contribution in [0.15, 0.2) is 60.7 Å². The van der Waals surface area contributed by atoms with Gasteiger partial charge in [-0.15, -0.1) is 0 Å². The van der Waals surface area contributed by atoms with E-state index in [1.54, 1.807) is 31.2 Å². The smallest absolute Gasteiger partial charge is 0.263 e. The van der Waals surface area contributed by atoms with Crippen LogP contribution >= 0.6 is 0 Å². The number of Topliss-reactive ketones (excluding diaryl/α,β-unsaturated/α-hetero) is 1. The monoisotopic (exact) mass is 349 g/mol. The SMILES string of the molecule is CC(=O)c1ccc(O[C@H](C)C(=O)N2CC=C(c3ccccc3)CC2)cc1. The molecule has 134 valence electrons. The van der Waals surface area contributed by atoms with Crippen molar-refractivity contribution in [2.75, 3.05) is 13.1 Å². The van der Waals surface area contributed by atoms with Gasteiger partial charge in [0.2, 0.25) is 0 Å². The Labute approximate surface area is 154 Å². The third-order valence-corrected chi connectivity index (χ3v) is 4.59. The van der Waals surface area contributed by atoms with Crippen LogP contribution in [0.5, 0.6) is 5.75 Å². The molecule has 0 spiro atoms. The van der Waals surface area contributed by atoms with Gasteiger partial charge in [-0.05, 0) is 55.7 Å². The van der Waals surface area contributed by atoms with Crippen LogP contribution in [0.25, 0.3) is 5.57 Å². The minimum atomic E-state index is -0.565. The Morgan fingerprint density at radius 2 is 1.73 bits per heavy atom. The van der Waals surface area contributed by atoms with Crippen LogP contribution in [-0.4, -0.2) is 35.8 Å². The van der Waals surface area contributed by atoms with Crippen molar-refractivity contribution in [2.24, 2.45) is 0 Å². The van der Waals surface area contributed by atoms with E-state index < -0.39 is 6.10 Å². The molecule has 0 N–H and O–H groups in total. The van der Waals surface area contributed by atoms with Gasteiger partial charge in [-0.25, -0.2) is 0 Å². The summed E-state index contributed by atoms with van der Waals surface area (Å²) in [5.74, 6) is 0.576. The van der Waals surface area contributed by atoms with Gasteiger partial charge >= 0.3 is 0 Å². The number of rotatable bonds is 5. The van der Waals surface area contributed by atoms with Crippen LogP contribution in [-0.2, 0) is 4.79 Å². The lowest BCUT2D eigenvalue weighted by molar-refractivity contribution is -0.137. The zero-order valence-corrected chi connectivity index (χ0v) is 15.1. The van der Waals surface area contributed by atoms with E-state index in [1.807, 2.05) is 23.1 Å². The highest BCUT2D eigenvalue weighted by molar-refractivity contribution is 5.94. The lowest BCUT2D eigenvalue weighted by Gasteiger charge is -2.29. The third-order valence-electron chi connectivity index (χ3n) is 4.59. The third kappa shape index (κ3) is 4.20. The first-order valence-electron chi connectivity index (χ1n) is 8.85. The van der Waals surface area contributed by atoms with E-state index >= 15 is 0 Å². The average Bonchev–Trinajstić information content (AvgIpc) is 2.68. The second-order valence-corrected chi connectivity index (χ2v) is 6.47. The van der Waals surface area contributed by atoms with Gasteiger partial charge in [0.25, 0.3) is 5.91 Å². The molecule has 0 aromatic heterocycles. The van der Waals surface area contributed by atoms with Gasteiger partial charge < -0.3 is 9.64 Å². The van der Waals surface area contributed by atoms with Crippen molar-refractivity contribution in [1.82, 2.24) is 4.90 Å². The molecule has 1 amide bonds. The van der Waals surface area contributed by atoms with Crippen molar-refractivity contribution in [3.8, 4) is 5.75 Å². The van der Waals surface area contributed by atoms with Crippen molar-refractivity contribution in [3.05, 3.63) is 71.8 Å². The van der Waals surface area contributed by atoms with Crippen LogP contribution in [0.3, 0.4) is 0 Å². The topological polar surface area (TPSA) is 46.6 Å². The van der Waals surface area contributed by atoms with E-state index in [0.717, 1.165) is 6.42 Å². The molecule has 4 nitrogen and oxygen atoms in total. The Morgan fingerprint density at radius 3 is 2.31 bits per heavy atom. The van der Waals surface area contributed by atoms with Crippen molar-refractivity contribution in [3.63, 3.8) is 0 Å². The lowest BCUT2D eigenvalue weighted by Crippen LogP contribution is -2.42. The van der Waals surface area contributed by atoms with E-state index in [9.17, 15) is 9.59 Å². The molecular weight excluding hydrogens is 326 g/mol. The van der Waals surface area contributed by atoms with Crippen molar-refractivity contribution >= 4 is 17.3 Å². The van der Waals surface area contributed by atoms with Crippen LogP contribution < -0.4 is 4.74 Å². The molecule has 0 unspecified atom stereocenters. The first kappa shape index (κ1) is 17.9.